The highest BCUT2D eigenvalue weighted by molar-refractivity contribution is 6.18. The minimum absolute atomic E-state index is 0.143. The molecule has 35 heavy (non-hydrogen) atoms. The Kier molecular flexibility index (Phi) is 6.23. The van der Waals surface area contributed by atoms with Gasteiger partial charge in [0.2, 0.25) is 0 Å². The molecule has 7 nitrogen and oxygen atoms in total. The Morgan fingerprint density at radius 1 is 1.26 bits per heavy atom. The van der Waals surface area contributed by atoms with Gasteiger partial charge in [-0.05, 0) is 68.5 Å². The van der Waals surface area contributed by atoms with Crippen molar-refractivity contribution in [1.82, 2.24) is 14.9 Å². The smallest absolute Gasteiger partial charge is 0.297 e. The van der Waals surface area contributed by atoms with Crippen molar-refractivity contribution in [2.75, 3.05) is 17.8 Å². The van der Waals surface area contributed by atoms with Crippen molar-refractivity contribution in [2.24, 2.45) is 0 Å². The molecule has 2 N–H and O–H groups in total. The summed E-state index contributed by atoms with van der Waals surface area (Å²) >= 11 is 5.77. The molecule has 5 rings (SSSR count). The Hall–Kier alpha value is -3.39. The van der Waals surface area contributed by atoms with Gasteiger partial charge < -0.3 is 15.4 Å². The zero-order valence-electron chi connectivity index (χ0n) is 19.3. The first-order valence-electron chi connectivity index (χ1n) is 11.7. The third-order valence-corrected chi connectivity index (χ3v) is 6.54. The Morgan fingerprint density at radius 3 is 2.77 bits per heavy atom. The fraction of sp³-hybridized carbons (Fsp3) is 0.346. The number of alkyl halides is 1. The molecule has 0 unspecified atom stereocenters. The second-order valence-electron chi connectivity index (χ2n) is 9.09. The lowest BCUT2D eigenvalue weighted by atomic mass is 10.0. The Morgan fingerprint density at radius 2 is 2.06 bits per heavy atom. The molecular weight excluding hydrogens is 471 g/mol. The molecule has 0 atom stereocenters. The average Bonchev–Trinajstić information content (AvgIpc) is 3.78. The van der Waals surface area contributed by atoms with Crippen LogP contribution in [0.3, 0.4) is 0 Å². The van der Waals surface area contributed by atoms with Crippen LogP contribution in [0.25, 0.3) is 5.69 Å². The summed E-state index contributed by atoms with van der Waals surface area (Å²) < 4.78 is 21.3. The molecule has 0 bridgehead atoms. The third-order valence-electron chi connectivity index (χ3n) is 6.38. The van der Waals surface area contributed by atoms with Crippen molar-refractivity contribution in [3.63, 3.8) is 0 Å². The van der Waals surface area contributed by atoms with Gasteiger partial charge in [-0.2, -0.15) is 0 Å². The molecule has 0 radical (unpaired) electrons. The van der Waals surface area contributed by atoms with Crippen molar-refractivity contribution in [3.05, 3.63) is 81.7 Å². The van der Waals surface area contributed by atoms with Crippen LogP contribution in [0.1, 0.15) is 47.2 Å². The van der Waals surface area contributed by atoms with Crippen LogP contribution in [0.4, 0.5) is 10.2 Å². The van der Waals surface area contributed by atoms with Gasteiger partial charge in [0.15, 0.2) is 5.82 Å². The maximum atomic E-state index is 14.1. The summed E-state index contributed by atoms with van der Waals surface area (Å²) in [7, 11) is 0. The number of nitrogens with one attached hydrogen (secondary N) is 2. The summed E-state index contributed by atoms with van der Waals surface area (Å²) in [5, 5.41) is 6.23. The Labute approximate surface area is 207 Å². The van der Waals surface area contributed by atoms with Gasteiger partial charge >= 0.3 is 0 Å². The van der Waals surface area contributed by atoms with Crippen LogP contribution in [-0.2, 0) is 5.54 Å². The molecule has 3 aromatic rings. The molecule has 0 spiro atoms. The second-order valence-corrected chi connectivity index (χ2v) is 9.46. The number of hydrogen-bond donors (Lipinski definition) is 2. The number of carbonyl (C=O) groups excluding carboxylic acids is 1. The summed E-state index contributed by atoms with van der Waals surface area (Å²) in [5.74, 6) is 0.436. The minimum atomic E-state index is -0.657. The third kappa shape index (κ3) is 4.89. The van der Waals surface area contributed by atoms with E-state index >= 15 is 0 Å². The number of benzene rings is 2. The summed E-state index contributed by atoms with van der Waals surface area (Å²) in [4.78, 5) is 30.3. The molecule has 1 amide bonds. The van der Waals surface area contributed by atoms with E-state index in [2.05, 4.69) is 15.6 Å². The first-order chi connectivity index (χ1) is 16.9. The molecule has 2 aliphatic rings. The van der Waals surface area contributed by atoms with Crippen LogP contribution in [0.2, 0.25) is 0 Å². The quantitative estimate of drug-likeness (QED) is 0.432. The van der Waals surface area contributed by atoms with E-state index in [0.29, 0.717) is 41.3 Å². The molecule has 2 fully saturated rings. The fourth-order valence-corrected chi connectivity index (χ4v) is 4.23. The highest BCUT2D eigenvalue weighted by atomic mass is 35.5. The summed E-state index contributed by atoms with van der Waals surface area (Å²) in [5.41, 5.74) is 1.56. The average molecular weight is 497 g/mol. The first-order valence-corrected chi connectivity index (χ1v) is 12.2. The van der Waals surface area contributed by atoms with E-state index in [4.69, 9.17) is 16.3 Å². The highest BCUT2D eigenvalue weighted by Gasteiger charge is 2.47. The van der Waals surface area contributed by atoms with E-state index in [1.54, 1.807) is 24.4 Å². The number of hydrogen-bond acceptors (Lipinski definition) is 5. The summed E-state index contributed by atoms with van der Waals surface area (Å²) in [6.07, 6.45) is 6.49. The van der Waals surface area contributed by atoms with Gasteiger partial charge in [0.25, 0.3) is 11.5 Å². The molecule has 9 heteroatoms. The van der Waals surface area contributed by atoms with Gasteiger partial charge in [-0.1, -0.05) is 6.07 Å². The van der Waals surface area contributed by atoms with Gasteiger partial charge in [-0.25, -0.2) is 9.37 Å². The van der Waals surface area contributed by atoms with Crippen LogP contribution in [-0.4, -0.2) is 34.0 Å². The predicted molar refractivity (Wildman–Crippen MR) is 132 cm³/mol. The molecular formula is C26H26ClFN4O3. The van der Waals surface area contributed by atoms with Gasteiger partial charge in [-0.15, -0.1) is 11.6 Å². The SMILES string of the molecule is Cc1ccc(C(=O)NC2CC2)cc1-n1ccnc(NC2(c3cc(F)ccc3OCCCl)CC2)c1=O. The lowest BCUT2D eigenvalue weighted by molar-refractivity contribution is 0.0951. The lowest BCUT2D eigenvalue weighted by Crippen LogP contribution is -2.30. The largest absolute Gasteiger partial charge is 0.492 e. The van der Waals surface area contributed by atoms with Crippen molar-refractivity contribution >= 4 is 23.3 Å². The number of halogens is 2. The standard InChI is InChI=1S/C26H26ClFN4O3/c1-16-2-3-17(24(33)30-19-5-6-19)14-21(16)32-12-11-29-23(25(32)34)31-26(8-9-26)20-15-18(28)4-7-22(20)35-13-10-27/h2-4,7,11-12,14-15,19H,5-6,8-10,13H2,1H3,(H,29,31)(H,30,33). The zero-order valence-corrected chi connectivity index (χ0v) is 20.1. The molecule has 0 aliphatic heterocycles. The van der Waals surface area contributed by atoms with E-state index < -0.39 is 5.54 Å². The molecule has 2 aromatic carbocycles. The Balaban J connectivity index is 1.47. The molecule has 2 aliphatic carbocycles. The van der Waals surface area contributed by atoms with Crippen molar-refractivity contribution in [2.45, 2.75) is 44.2 Å². The van der Waals surface area contributed by atoms with Crippen molar-refractivity contribution in [3.8, 4) is 11.4 Å². The van der Waals surface area contributed by atoms with Crippen LogP contribution < -0.4 is 20.9 Å². The monoisotopic (exact) mass is 496 g/mol. The van der Waals surface area contributed by atoms with Gasteiger partial charge in [0.05, 0.1) is 17.1 Å². The number of carbonyl (C=O) groups is 1. The number of anilines is 1. The van der Waals surface area contributed by atoms with Crippen molar-refractivity contribution in [1.29, 1.82) is 0 Å². The van der Waals surface area contributed by atoms with Crippen LogP contribution in [0.15, 0.2) is 53.6 Å². The number of aromatic nitrogens is 2. The molecule has 2 saturated carbocycles. The number of nitrogens with zero attached hydrogens (tertiary/aromatic N) is 2. The highest BCUT2D eigenvalue weighted by Crippen LogP contribution is 2.51. The van der Waals surface area contributed by atoms with Crippen molar-refractivity contribution < 1.29 is 13.9 Å². The maximum absolute atomic E-state index is 14.1. The summed E-state index contributed by atoms with van der Waals surface area (Å²) in [6.45, 7) is 2.17. The topological polar surface area (TPSA) is 85.2 Å². The fourth-order valence-electron chi connectivity index (χ4n) is 4.16. The number of ether oxygens (including phenoxy) is 1. The minimum Gasteiger partial charge on any atom is -0.492 e. The van der Waals surface area contributed by atoms with Crippen LogP contribution in [0, 0.1) is 12.7 Å². The zero-order chi connectivity index (χ0) is 24.6. The summed E-state index contributed by atoms with van der Waals surface area (Å²) in [6, 6.07) is 9.89. The van der Waals surface area contributed by atoms with Crippen LogP contribution in [0.5, 0.6) is 5.75 Å². The number of rotatable bonds is 9. The maximum Gasteiger partial charge on any atom is 0.297 e. The Bertz CT molecular complexity index is 1330. The van der Waals surface area contributed by atoms with E-state index in [-0.39, 0.29) is 35.8 Å². The van der Waals surface area contributed by atoms with E-state index in [9.17, 15) is 14.0 Å². The normalized spacial score (nSPS) is 16.0. The van der Waals surface area contributed by atoms with Gasteiger partial charge in [-0.3, -0.25) is 14.2 Å². The number of amides is 1. The lowest BCUT2D eigenvalue weighted by Gasteiger charge is -2.22. The molecule has 1 aromatic heterocycles. The second kappa shape index (κ2) is 9.34. The first kappa shape index (κ1) is 23.4. The van der Waals surface area contributed by atoms with E-state index in [1.165, 1.54) is 22.9 Å². The molecule has 1 heterocycles. The number of aryl methyl sites for hydroxylation is 1. The van der Waals surface area contributed by atoms with E-state index in [0.717, 1.165) is 18.4 Å². The van der Waals surface area contributed by atoms with Gasteiger partial charge in [0, 0.05) is 29.6 Å². The van der Waals surface area contributed by atoms with Gasteiger partial charge in [0.1, 0.15) is 18.2 Å². The van der Waals surface area contributed by atoms with Crippen LogP contribution >= 0.6 is 11.6 Å². The molecule has 0 saturated heterocycles. The van der Waals surface area contributed by atoms with E-state index in [1.807, 2.05) is 13.0 Å². The molecule has 182 valence electrons. The predicted octanol–water partition coefficient (Wildman–Crippen LogP) is 4.29.